The fourth-order valence-electron chi connectivity index (χ4n) is 4.75. The molecule has 0 unspecified atom stereocenters. The number of benzene rings is 4. The number of ether oxygens (including phenoxy) is 1. The summed E-state index contributed by atoms with van der Waals surface area (Å²) in [6.45, 7) is 2.32. The highest BCUT2D eigenvalue weighted by Crippen LogP contribution is 2.42. The van der Waals surface area contributed by atoms with E-state index >= 15 is 0 Å². The number of phenolic OH excluding ortho intramolecular Hbond substituents is 2. The summed E-state index contributed by atoms with van der Waals surface area (Å²) in [5.74, 6) is 0.897. The molecule has 2 aromatic heterocycles. The Morgan fingerprint density at radius 3 is 2.26 bits per heavy atom. The Morgan fingerprint density at radius 1 is 0.674 bits per heavy atom. The highest BCUT2D eigenvalue weighted by atomic mass is 16.5. The zero-order valence-electron chi connectivity index (χ0n) is 23.4. The smallest absolute Gasteiger partial charge is 0.131 e. The molecule has 0 radical (unpaired) electrons. The second kappa shape index (κ2) is 12.4. The Morgan fingerprint density at radius 2 is 1.44 bits per heavy atom. The van der Waals surface area contributed by atoms with Crippen molar-refractivity contribution in [3.63, 3.8) is 0 Å². The average molecular weight is 565 g/mol. The monoisotopic (exact) mass is 564 g/mol. The van der Waals surface area contributed by atoms with Gasteiger partial charge in [-0.3, -0.25) is 9.97 Å². The van der Waals surface area contributed by atoms with E-state index in [1.165, 1.54) is 0 Å². The zero-order chi connectivity index (χ0) is 29.6. The van der Waals surface area contributed by atoms with E-state index in [1.807, 2.05) is 97.9 Å². The van der Waals surface area contributed by atoms with Crippen LogP contribution in [0.2, 0.25) is 0 Å². The maximum Gasteiger partial charge on any atom is 0.131 e. The van der Waals surface area contributed by atoms with Crippen molar-refractivity contribution in [1.29, 1.82) is 0 Å². The van der Waals surface area contributed by atoms with Gasteiger partial charge in [0.25, 0.3) is 0 Å². The molecule has 7 heteroatoms. The van der Waals surface area contributed by atoms with Gasteiger partial charge in [-0.05, 0) is 72.6 Å². The van der Waals surface area contributed by atoms with Crippen LogP contribution in [0.5, 0.6) is 17.2 Å². The molecule has 6 rings (SSSR count). The molecule has 6 aromatic rings. The zero-order valence-corrected chi connectivity index (χ0v) is 23.4. The third kappa shape index (κ3) is 6.11. The van der Waals surface area contributed by atoms with Gasteiger partial charge in [-0.15, -0.1) is 0 Å². The van der Waals surface area contributed by atoms with Crippen LogP contribution in [0.1, 0.15) is 11.1 Å². The van der Waals surface area contributed by atoms with Crippen molar-refractivity contribution in [2.45, 2.75) is 13.5 Å². The molecule has 210 valence electrons. The maximum absolute atomic E-state index is 11.1. The lowest BCUT2D eigenvalue weighted by Gasteiger charge is -2.12. The second-order valence-corrected chi connectivity index (χ2v) is 9.93. The minimum atomic E-state index is 0.0877. The molecule has 7 nitrogen and oxygen atoms in total. The summed E-state index contributed by atoms with van der Waals surface area (Å²) in [5, 5.41) is 30.4. The number of para-hydroxylation sites is 2. The summed E-state index contributed by atoms with van der Waals surface area (Å²) >= 11 is 0. The van der Waals surface area contributed by atoms with Crippen LogP contribution in [-0.4, -0.2) is 20.2 Å². The van der Waals surface area contributed by atoms with Crippen molar-refractivity contribution in [2.24, 2.45) is 10.2 Å². The average Bonchev–Trinajstić information content (AvgIpc) is 3.05. The predicted octanol–water partition coefficient (Wildman–Crippen LogP) is 9.19. The molecule has 2 heterocycles. The van der Waals surface area contributed by atoms with E-state index in [1.54, 1.807) is 36.7 Å². The third-order valence-corrected chi connectivity index (χ3v) is 7.05. The van der Waals surface area contributed by atoms with E-state index in [9.17, 15) is 10.2 Å². The van der Waals surface area contributed by atoms with Crippen molar-refractivity contribution in [3.8, 4) is 50.9 Å². The van der Waals surface area contributed by atoms with Crippen molar-refractivity contribution in [2.75, 3.05) is 0 Å². The van der Waals surface area contributed by atoms with E-state index in [0.29, 0.717) is 40.4 Å². The summed E-state index contributed by atoms with van der Waals surface area (Å²) in [5.41, 5.74) is 7.40. The van der Waals surface area contributed by atoms with Crippen molar-refractivity contribution in [3.05, 3.63) is 139 Å². The number of rotatable bonds is 8. The Balaban J connectivity index is 1.18. The largest absolute Gasteiger partial charge is 0.507 e. The molecule has 4 aromatic carbocycles. The predicted molar refractivity (Wildman–Crippen MR) is 168 cm³/mol. The first kappa shape index (κ1) is 27.4. The molecule has 2 N–H and O–H groups in total. The number of aromatic hydroxyl groups is 2. The van der Waals surface area contributed by atoms with Gasteiger partial charge in [0.1, 0.15) is 23.9 Å². The summed E-state index contributed by atoms with van der Waals surface area (Å²) in [4.78, 5) is 8.91. The van der Waals surface area contributed by atoms with Crippen LogP contribution in [-0.2, 0) is 6.61 Å². The molecule has 43 heavy (non-hydrogen) atoms. The Kier molecular flexibility index (Phi) is 7.87. The van der Waals surface area contributed by atoms with Crippen LogP contribution in [0.25, 0.3) is 33.6 Å². The van der Waals surface area contributed by atoms with Gasteiger partial charge in [0.2, 0.25) is 0 Å². The normalized spacial score (nSPS) is 11.1. The van der Waals surface area contributed by atoms with Gasteiger partial charge in [-0.1, -0.05) is 60.7 Å². The number of hydrogen-bond donors (Lipinski definition) is 2. The van der Waals surface area contributed by atoms with E-state index in [4.69, 9.17) is 4.74 Å². The third-order valence-electron chi connectivity index (χ3n) is 7.05. The Bertz CT molecular complexity index is 1910. The van der Waals surface area contributed by atoms with Crippen LogP contribution >= 0.6 is 0 Å². The van der Waals surface area contributed by atoms with Crippen molar-refractivity contribution in [1.82, 2.24) is 9.97 Å². The molecule has 0 aliphatic heterocycles. The van der Waals surface area contributed by atoms with Gasteiger partial charge >= 0.3 is 0 Å². The Labute approximate surface area is 249 Å². The minimum absolute atomic E-state index is 0.0877. The number of aromatic nitrogens is 2. The number of pyridine rings is 2. The number of aryl methyl sites for hydroxylation is 1. The number of azo groups is 1. The number of nitrogens with zero attached hydrogens (tertiary/aromatic N) is 4. The van der Waals surface area contributed by atoms with Gasteiger partial charge in [-0.2, -0.15) is 10.2 Å². The maximum atomic E-state index is 11.1. The summed E-state index contributed by atoms with van der Waals surface area (Å²) in [7, 11) is 0. The molecule has 0 atom stereocenters. The summed E-state index contributed by atoms with van der Waals surface area (Å²) < 4.78 is 6.04. The van der Waals surface area contributed by atoms with Gasteiger partial charge in [0.15, 0.2) is 0 Å². The number of phenols is 2. The SMILES string of the molecule is Cc1ccc(-c2cccc(-c3ccccc3O)c2O)cc1N=Nc1ccc(OCc2cccnc2-c2ccccn2)cc1. The first-order valence-corrected chi connectivity index (χ1v) is 13.8. The first-order chi connectivity index (χ1) is 21.1. The van der Waals surface area contributed by atoms with E-state index in [-0.39, 0.29) is 11.5 Å². The lowest BCUT2D eigenvalue weighted by Crippen LogP contribution is -2.00. The molecule has 0 amide bonds. The van der Waals surface area contributed by atoms with Crippen molar-refractivity contribution >= 4 is 11.4 Å². The molecule has 0 spiro atoms. The summed E-state index contributed by atoms with van der Waals surface area (Å²) in [6.07, 6.45) is 3.50. The quantitative estimate of drug-likeness (QED) is 0.180. The standard InChI is InChI=1S/C36H28N4O3/c1-24-14-15-25(29-10-6-11-31(36(29)42)30-9-2-3-13-34(30)41)22-33(24)40-39-27-16-18-28(19-17-27)43-23-26-8-7-21-38-35(26)32-12-4-5-20-37-32/h2-22,41-42H,23H2,1H3. The lowest BCUT2D eigenvalue weighted by atomic mass is 9.96. The minimum Gasteiger partial charge on any atom is -0.507 e. The fourth-order valence-corrected chi connectivity index (χ4v) is 4.75. The topological polar surface area (TPSA) is 100 Å². The highest BCUT2D eigenvalue weighted by molar-refractivity contribution is 5.85. The number of hydrogen-bond acceptors (Lipinski definition) is 7. The van der Waals surface area contributed by atoms with Crippen LogP contribution in [0.3, 0.4) is 0 Å². The van der Waals surface area contributed by atoms with E-state index < -0.39 is 0 Å². The van der Waals surface area contributed by atoms with Gasteiger partial charge < -0.3 is 14.9 Å². The molecular weight excluding hydrogens is 536 g/mol. The van der Waals surface area contributed by atoms with Crippen LogP contribution in [0.4, 0.5) is 11.4 Å². The van der Waals surface area contributed by atoms with E-state index in [0.717, 1.165) is 28.1 Å². The summed E-state index contributed by atoms with van der Waals surface area (Å²) in [6, 6.07) is 35.2. The molecule has 0 saturated heterocycles. The first-order valence-electron chi connectivity index (χ1n) is 13.8. The lowest BCUT2D eigenvalue weighted by molar-refractivity contribution is 0.306. The second-order valence-electron chi connectivity index (χ2n) is 9.93. The molecular formula is C36H28N4O3. The van der Waals surface area contributed by atoms with Gasteiger partial charge in [0.05, 0.1) is 22.8 Å². The molecule has 0 bridgehead atoms. The molecule has 0 fully saturated rings. The molecule has 0 aliphatic carbocycles. The molecule has 0 saturated carbocycles. The van der Waals surface area contributed by atoms with Crippen LogP contribution in [0, 0.1) is 6.92 Å². The molecule has 0 aliphatic rings. The van der Waals surface area contributed by atoms with Crippen LogP contribution < -0.4 is 4.74 Å². The van der Waals surface area contributed by atoms with Crippen molar-refractivity contribution < 1.29 is 14.9 Å². The fraction of sp³-hybridized carbons (Fsp3) is 0.0556. The van der Waals surface area contributed by atoms with Gasteiger partial charge in [0, 0.05) is 34.6 Å². The van der Waals surface area contributed by atoms with E-state index in [2.05, 4.69) is 20.2 Å². The van der Waals surface area contributed by atoms with Gasteiger partial charge in [-0.25, -0.2) is 0 Å². The van der Waals surface area contributed by atoms with Crippen LogP contribution in [0.15, 0.2) is 138 Å². The highest BCUT2D eigenvalue weighted by Gasteiger charge is 2.14. The Hall–Kier alpha value is -5.82.